The zero-order valence-corrected chi connectivity index (χ0v) is 19.6. The molecule has 5 rings (SSSR count). The van der Waals surface area contributed by atoms with Crippen LogP contribution < -0.4 is 10.2 Å². The van der Waals surface area contributed by atoms with Crippen molar-refractivity contribution in [3.63, 3.8) is 0 Å². The van der Waals surface area contributed by atoms with Gasteiger partial charge in [0.05, 0.1) is 21.8 Å². The number of pyridine rings is 2. The third-order valence-corrected chi connectivity index (χ3v) is 6.86. The second-order valence-corrected chi connectivity index (χ2v) is 9.36. The molecule has 0 unspecified atom stereocenters. The van der Waals surface area contributed by atoms with Crippen molar-refractivity contribution in [2.75, 3.05) is 37.6 Å². The molecule has 3 aromatic rings. The van der Waals surface area contributed by atoms with E-state index in [2.05, 4.69) is 32.0 Å². The van der Waals surface area contributed by atoms with Gasteiger partial charge in [0.15, 0.2) is 0 Å². The zero-order chi connectivity index (χ0) is 23.7. The maximum absolute atomic E-state index is 15.2. The molecule has 2 aromatic heterocycles. The lowest BCUT2D eigenvalue weighted by Crippen LogP contribution is -2.46. The molecule has 2 aliphatic rings. The van der Waals surface area contributed by atoms with E-state index in [4.69, 9.17) is 0 Å². The van der Waals surface area contributed by atoms with E-state index in [9.17, 15) is 9.59 Å². The molecule has 0 atom stereocenters. The van der Waals surface area contributed by atoms with Crippen LogP contribution in [0.5, 0.6) is 0 Å². The molecule has 0 saturated carbocycles. The quantitative estimate of drug-likeness (QED) is 0.549. The van der Waals surface area contributed by atoms with Gasteiger partial charge in [0.25, 0.3) is 11.1 Å². The molecule has 2 aliphatic heterocycles. The van der Waals surface area contributed by atoms with E-state index in [0.29, 0.717) is 32.9 Å². The van der Waals surface area contributed by atoms with Gasteiger partial charge in [-0.2, -0.15) is 0 Å². The molecule has 34 heavy (non-hydrogen) atoms. The van der Waals surface area contributed by atoms with Crippen LogP contribution >= 0.6 is 11.8 Å². The Morgan fingerprint density at radius 1 is 1.12 bits per heavy atom. The second kappa shape index (κ2) is 9.52. The average molecular weight is 478 g/mol. The van der Waals surface area contributed by atoms with Crippen LogP contribution in [0.25, 0.3) is 28.1 Å². The third kappa shape index (κ3) is 4.53. The minimum Gasteiger partial charge on any atom is -0.367 e. The Labute approximate surface area is 201 Å². The Hall–Kier alpha value is -3.30. The largest absolute Gasteiger partial charge is 0.367 e. The lowest BCUT2D eigenvalue weighted by atomic mass is 10.0. The van der Waals surface area contributed by atoms with Crippen LogP contribution in [0.3, 0.4) is 0 Å². The fourth-order valence-corrected chi connectivity index (χ4v) is 5.03. The number of nitrogens with zero attached hydrogens (tertiary/aromatic N) is 4. The monoisotopic (exact) mass is 477 g/mol. The summed E-state index contributed by atoms with van der Waals surface area (Å²) < 4.78 is 15.2. The maximum atomic E-state index is 15.2. The summed E-state index contributed by atoms with van der Waals surface area (Å²) in [5, 5.41) is 2.64. The van der Waals surface area contributed by atoms with Crippen LogP contribution in [0.4, 0.5) is 14.9 Å². The number of fused-ring (bicyclic) bond motifs is 1. The smallest absolute Gasteiger partial charge is 0.290 e. The van der Waals surface area contributed by atoms with Crippen molar-refractivity contribution in [2.24, 2.45) is 0 Å². The predicted molar refractivity (Wildman–Crippen MR) is 133 cm³/mol. The molecule has 0 radical (unpaired) electrons. The van der Waals surface area contributed by atoms with E-state index in [1.54, 1.807) is 24.5 Å². The summed E-state index contributed by atoms with van der Waals surface area (Å²) in [6.07, 6.45) is 6.07. The number of hydrogen-bond donors (Lipinski definition) is 1. The molecule has 1 N–H and O–H groups in total. The number of amides is 2. The maximum Gasteiger partial charge on any atom is 0.290 e. The van der Waals surface area contributed by atoms with E-state index in [-0.39, 0.29) is 5.82 Å². The summed E-state index contributed by atoms with van der Waals surface area (Å²) in [4.78, 5) is 37.1. The molecule has 174 valence electrons. The highest BCUT2D eigenvalue weighted by molar-refractivity contribution is 8.18. The number of imide groups is 1. The number of anilines is 1. The lowest BCUT2D eigenvalue weighted by molar-refractivity contribution is -0.115. The number of thioether (sulfide) groups is 1. The Bertz CT molecular complexity index is 1300. The first kappa shape index (κ1) is 22.5. The predicted octanol–water partition coefficient (Wildman–Crippen LogP) is 4.29. The van der Waals surface area contributed by atoms with Crippen LogP contribution in [-0.4, -0.2) is 58.7 Å². The van der Waals surface area contributed by atoms with Gasteiger partial charge in [-0.15, -0.1) is 0 Å². The van der Waals surface area contributed by atoms with E-state index in [1.807, 2.05) is 18.2 Å². The summed E-state index contributed by atoms with van der Waals surface area (Å²) in [5.74, 6) is -0.700. The van der Waals surface area contributed by atoms with Gasteiger partial charge < -0.3 is 4.90 Å². The number of piperazine rings is 1. The molecular formula is C25H24FN5O2S. The van der Waals surface area contributed by atoms with E-state index in [1.165, 1.54) is 6.07 Å². The minimum absolute atomic E-state index is 0.269. The molecule has 0 spiro atoms. The summed E-state index contributed by atoms with van der Waals surface area (Å²) >= 11 is 0.846. The number of aromatic nitrogens is 2. The topological polar surface area (TPSA) is 78.4 Å². The Balaban J connectivity index is 1.45. The van der Waals surface area contributed by atoms with E-state index in [0.717, 1.165) is 56.3 Å². The molecule has 4 heterocycles. The Morgan fingerprint density at radius 3 is 2.65 bits per heavy atom. The number of halogens is 1. The normalized spacial score (nSPS) is 18.2. The number of carbonyl (C=O) groups excluding carboxylic acids is 2. The molecular weight excluding hydrogens is 453 g/mol. The highest BCUT2D eigenvalue weighted by Crippen LogP contribution is 2.32. The van der Waals surface area contributed by atoms with Crippen molar-refractivity contribution < 1.29 is 14.0 Å². The molecule has 2 amide bonds. The van der Waals surface area contributed by atoms with Crippen molar-refractivity contribution in [2.45, 2.75) is 13.3 Å². The zero-order valence-electron chi connectivity index (χ0n) is 18.8. The highest BCUT2D eigenvalue weighted by atomic mass is 32.2. The van der Waals surface area contributed by atoms with Crippen LogP contribution in [0, 0.1) is 5.82 Å². The molecule has 2 saturated heterocycles. The van der Waals surface area contributed by atoms with Crippen LogP contribution in [0.15, 0.2) is 47.6 Å². The van der Waals surface area contributed by atoms with Gasteiger partial charge in [-0.05, 0) is 60.6 Å². The van der Waals surface area contributed by atoms with Crippen LogP contribution in [-0.2, 0) is 4.79 Å². The lowest BCUT2D eigenvalue weighted by Gasteiger charge is -2.36. The third-order valence-electron chi connectivity index (χ3n) is 6.05. The molecule has 7 nitrogen and oxygen atoms in total. The number of carbonyl (C=O) groups is 2. The first-order valence-electron chi connectivity index (χ1n) is 11.3. The number of benzene rings is 1. The number of nitrogens with one attached hydrogen (secondary N) is 1. The number of hydrogen-bond acceptors (Lipinski definition) is 7. The van der Waals surface area contributed by atoms with Gasteiger partial charge in [0.2, 0.25) is 0 Å². The molecule has 0 bridgehead atoms. The van der Waals surface area contributed by atoms with Gasteiger partial charge in [-0.25, -0.2) is 9.37 Å². The van der Waals surface area contributed by atoms with Gasteiger partial charge in [-0.3, -0.25) is 24.8 Å². The summed E-state index contributed by atoms with van der Waals surface area (Å²) in [6, 6.07) is 8.88. The summed E-state index contributed by atoms with van der Waals surface area (Å²) in [5.41, 5.74) is 3.19. The van der Waals surface area contributed by atoms with Crippen molar-refractivity contribution >= 4 is 45.6 Å². The fourth-order valence-electron chi connectivity index (χ4n) is 4.36. The van der Waals surface area contributed by atoms with Crippen molar-refractivity contribution in [3.05, 3.63) is 59.1 Å². The van der Waals surface area contributed by atoms with Crippen molar-refractivity contribution in [1.29, 1.82) is 0 Å². The molecule has 9 heteroatoms. The Morgan fingerprint density at radius 2 is 1.94 bits per heavy atom. The first-order valence-corrected chi connectivity index (χ1v) is 12.1. The Kier molecular flexibility index (Phi) is 6.30. The van der Waals surface area contributed by atoms with E-state index >= 15 is 4.39 Å². The molecule has 2 fully saturated rings. The second-order valence-electron chi connectivity index (χ2n) is 8.34. The van der Waals surface area contributed by atoms with Crippen LogP contribution in [0.2, 0.25) is 0 Å². The first-order chi connectivity index (χ1) is 16.5. The highest BCUT2D eigenvalue weighted by Gasteiger charge is 2.25. The van der Waals surface area contributed by atoms with Crippen LogP contribution in [0.1, 0.15) is 19.0 Å². The summed E-state index contributed by atoms with van der Waals surface area (Å²) in [7, 11) is 0. The van der Waals surface area contributed by atoms with Gasteiger partial charge in [0, 0.05) is 49.5 Å². The van der Waals surface area contributed by atoms with Gasteiger partial charge in [0.1, 0.15) is 5.82 Å². The SMILES string of the molecule is CCCN1CCN(c2ccc(-c3cncc4ccc(C=C5SC(=O)NC5=O)nc34)cc2F)CC1. The molecule has 1 aromatic carbocycles. The van der Waals surface area contributed by atoms with Gasteiger partial charge in [-0.1, -0.05) is 13.0 Å². The minimum atomic E-state index is -0.431. The summed E-state index contributed by atoms with van der Waals surface area (Å²) in [6.45, 7) is 6.74. The van der Waals surface area contributed by atoms with Gasteiger partial charge >= 0.3 is 0 Å². The average Bonchev–Trinajstić information content (AvgIpc) is 3.15. The molecule has 0 aliphatic carbocycles. The van der Waals surface area contributed by atoms with E-state index < -0.39 is 11.1 Å². The fraction of sp³-hybridized carbons (Fsp3) is 0.280. The number of rotatable bonds is 5. The standard InChI is InChI=1S/C25H24FN5O2S/c1-2-7-30-8-10-31(11-9-30)21-6-4-16(12-20(21)26)19-15-27-14-17-3-5-18(28-23(17)19)13-22-24(32)29-25(33)34-22/h3-6,12-15H,2,7-11H2,1H3,(H,29,32,33). The van der Waals surface area contributed by atoms with Crippen molar-refractivity contribution in [3.8, 4) is 11.1 Å². The van der Waals surface area contributed by atoms with Crippen molar-refractivity contribution in [1.82, 2.24) is 20.2 Å².